The minimum atomic E-state index is 0.174. The van der Waals surface area contributed by atoms with Crippen molar-refractivity contribution in [1.82, 2.24) is 14.7 Å². The maximum Gasteiger partial charge on any atom is 0.0700 e. The molecule has 26 heavy (non-hydrogen) atoms. The lowest BCUT2D eigenvalue weighted by Gasteiger charge is -2.39. The van der Waals surface area contributed by atoms with E-state index in [0.29, 0.717) is 12.5 Å². The average molecular weight is 367 g/mol. The van der Waals surface area contributed by atoms with Gasteiger partial charge in [0.2, 0.25) is 0 Å². The number of aromatic nitrogens is 2. The number of aryl methyl sites for hydroxylation is 1. The first-order valence-electron chi connectivity index (χ1n) is 10.1. The number of ether oxygens (including phenoxy) is 2. The van der Waals surface area contributed by atoms with E-state index in [1.165, 1.54) is 11.3 Å². The van der Waals surface area contributed by atoms with Gasteiger partial charge >= 0.3 is 0 Å². The van der Waals surface area contributed by atoms with E-state index >= 15 is 0 Å². The minimum Gasteiger partial charge on any atom is -0.381 e. The van der Waals surface area contributed by atoms with Gasteiger partial charge < -0.3 is 20.1 Å². The molecule has 2 rings (SSSR count). The second-order valence-corrected chi connectivity index (χ2v) is 7.79. The molecule has 0 amide bonds. The summed E-state index contributed by atoms with van der Waals surface area (Å²) in [6.45, 7) is 9.81. The highest BCUT2D eigenvalue weighted by Crippen LogP contribution is 2.44. The summed E-state index contributed by atoms with van der Waals surface area (Å²) in [7, 11) is 4.15. The molecule has 1 aliphatic rings. The first kappa shape index (κ1) is 21.4. The van der Waals surface area contributed by atoms with Gasteiger partial charge in [-0.15, -0.1) is 0 Å². The topological polar surface area (TPSA) is 65.5 Å². The van der Waals surface area contributed by atoms with Crippen LogP contribution in [0.3, 0.4) is 0 Å². The van der Waals surface area contributed by atoms with Gasteiger partial charge in [0.25, 0.3) is 0 Å². The van der Waals surface area contributed by atoms with Crippen LogP contribution in [0.25, 0.3) is 0 Å². The van der Waals surface area contributed by atoms with Gasteiger partial charge in [0, 0.05) is 63.0 Å². The van der Waals surface area contributed by atoms with Crippen molar-refractivity contribution < 1.29 is 9.47 Å². The van der Waals surface area contributed by atoms with Crippen molar-refractivity contribution in [3.63, 3.8) is 0 Å². The zero-order chi connectivity index (χ0) is 19.0. The Kier molecular flexibility index (Phi) is 8.54. The minimum absolute atomic E-state index is 0.174. The molecule has 1 saturated carbocycles. The first-order valence-corrected chi connectivity index (χ1v) is 10.1. The highest BCUT2D eigenvalue weighted by molar-refractivity contribution is 5.22. The van der Waals surface area contributed by atoms with Gasteiger partial charge in [-0.05, 0) is 46.6 Å². The van der Waals surface area contributed by atoms with Crippen molar-refractivity contribution in [2.24, 2.45) is 18.2 Å². The van der Waals surface area contributed by atoms with E-state index in [1.807, 2.05) is 11.7 Å². The maximum atomic E-state index is 5.80. The smallest absolute Gasteiger partial charge is 0.0700 e. The lowest BCUT2D eigenvalue weighted by atomic mass is 9.70. The first-order chi connectivity index (χ1) is 12.5. The molecule has 0 atom stereocenters. The molecule has 1 fully saturated rings. The molecule has 0 spiro atoms. The van der Waals surface area contributed by atoms with Gasteiger partial charge in [0.1, 0.15) is 0 Å². The molecule has 2 N–H and O–H groups in total. The Bertz CT molecular complexity index is 514. The van der Waals surface area contributed by atoms with E-state index in [0.717, 1.165) is 65.2 Å². The molecule has 1 aromatic rings. The molecule has 0 aliphatic heterocycles. The third-order valence-corrected chi connectivity index (χ3v) is 5.55. The number of hydrogen-bond acceptors (Lipinski definition) is 5. The van der Waals surface area contributed by atoms with E-state index in [-0.39, 0.29) is 5.41 Å². The molecular formula is C20H38N4O2. The summed E-state index contributed by atoms with van der Waals surface area (Å²) < 4.78 is 13.6. The molecule has 0 radical (unpaired) electrons. The number of likely N-dealkylation sites (N-methyl/N-ethyl adjacent to an activating group) is 1. The van der Waals surface area contributed by atoms with E-state index in [1.54, 1.807) is 0 Å². The van der Waals surface area contributed by atoms with Crippen LogP contribution < -0.4 is 5.73 Å². The van der Waals surface area contributed by atoms with Gasteiger partial charge in [-0.25, -0.2) is 0 Å². The van der Waals surface area contributed by atoms with Crippen LogP contribution in [0.15, 0.2) is 6.20 Å². The normalized spacial score (nSPS) is 17.9. The summed E-state index contributed by atoms with van der Waals surface area (Å²) in [5.41, 5.74) is 8.49. The Labute approximate surface area is 159 Å². The highest BCUT2D eigenvalue weighted by Gasteiger charge is 2.37. The quantitative estimate of drug-likeness (QED) is 0.652. The molecule has 6 heteroatoms. The van der Waals surface area contributed by atoms with Gasteiger partial charge in [0.05, 0.1) is 18.9 Å². The SMILES string of the molecule is CCOCC1(COCC)CCC(c2nn(C)cc2CN(C)CCN)CC1. The second kappa shape index (κ2) is 10.4. The summed E-state index contributed by atoms with van der Waals surface area (Å²) in [6, 6.07) is 0. The van der Waals surface area contributed by atoms with Crippen LogP contribution in [0.1, 0.15) is 56.7 Å². The van der Waals surface area contributed by atoms with Crippen LogP contribution in [-0.4, -0.2) is 61.2 Å². The summed E-state index contributed by atoms with van der Waals surface area (Å²) >= 11 is 0. The van der Waals surface area contributed by atoms with Crippen molar-refractivity contribution >= 4 is 0 Å². The van der Waals surface area contributed by atoms with Crippen LogP contribution in [-0.2, 0) is 23.1 Å². The second-order valence-electron chi connectivity index (χ2n) is 7.79. The van der Waals surface area contributed by atoms with E-state index in [2.05, 4.69) is 32.0 Å². The van der Waals surface area contributed by atoms with Gasteiger partial charge in [-0.1, -0.05) is 0 Å². The Morgan fingerprint density at radius 3 is 2.38 bits per heavy atom. The third kappa shape index (κ3) is 5.78. The maximum absolute atomic E-state index is 5.80. The van der Waals surface area contributed by atoms with Crippen LogP contribution >= 0.6 is 0 Å². The van der Waals surface area contributed by atoms with Crippen LogP contribution in [0.2, 0.25) is 0 Å². The van der Waals surface area contributed by atoms with Gasteiger partial charge in [-0.2, -0.15) is 5.10 Å². The van der Waals surface area contributed by atoms with Crippen LogP contribution in [0.4, 0.5) is 0 Å². The zero-order valence-electron chi connectivity index (χ0n) is 17.2. The van der Waals surface area contributed by atoms with E-state index < -0.39 is 0 Å². The molecule has 0 bridgehead atoms. The van der Waals surface area contributed by atoms with Crippen LogP contribution in [0.5, 0.6) is 0 Å². The lowest BCUT2D eigenvalue weighted by Crippen LogP contribution is -2.36. The molecule has 6 nitrogen and oxygen atoms in total. The number of nitrogens with zero attached hydrogens (tertiary/aromatic N) is 3. The summed E-state index contributed by atoms with van der Waals surface area (Å²) in [5.74, 6) is 0.536. The van der Waals surface area contributed by atoms with E-state index in [4.69, 9.17) is 20.3 Å². The molecule has 0 unspecified atom stereocenters. The zero-order valence-corrected chi connectivity index (χ0v) is 17.2. The largest absolute Gasteiger partial charge is 0.381 e. The molecule has 1 heterocycles. The fourth-order valence-electron chi connectivity index (χ4n) is 4.08. The molecule has 0 saturated heterocycles. The van der Waals surface area contributed by atoms with Crippen molar-refractivity contribution in [3.8, 4) is 0 Å². The standard InChI is InChI=1S/C20H38N4O2/c1-5-25-15-20(16-26-6-2)9-7-17(8-10-20)19-18(14-24(4)22-19)13-23(3)12-11-21/h14,17H,5-13,15-16,21H2,1-4H3. The predicted molar refractivity (Wildman–Crippen MR) is 105 cm³/mol. The van der Waals surface area contributed by atoms with Crippen LogP contribution in [0, 0.1) is 5.41 Å². The van der Waals surface area contributed by atoms with E-state index in [9.17, 15) is 0 Å². The Morgan fingerprint density at radius 1 is 1.23 bits per heavy atom. The number of nitrogens with two attached hydrogens (primary N) is 1. The molecule has 150 valence electrons. The lowest BCUT2D eigenvalue weighted by molar-refractivity contribution is -0.0397. The molecule has 1 aromatic heterocycles. The number of rotatable bonds is 11. The summed E-state index contributed by atoms with van der Waals surface area (Å²) in [5, 5.41) is 4.82. The Balaban J connectivity index is 2.03. The molecule has 0 aromatic carbocycles. The monoisotopic (exact) mass is 366 g/mol. The van der Waals surface area contributed by atoms with Crippen molar-refractivity contribution in [1.29, 1.82) is 0 Å². The van der Waals surface area contributed by atoms with Crippen molar-refractivity contribution in [3.05, 3.63) is 17.5 Å². The average Bonchev–Trinajstić information content (AvgIpc) is 2.99. The fourth-order valence-corrected chi connectivity index (χ4v) is 4.08. The molecule has 1 aliphatic carbocycles. The fraction of sp³-hybridized carbons (Fsp3) is 0.850. The number of hydrogen-bond donors (Lipinski definition) is 1. The highest BCUT2D eigenvalue weighted by atomic mass is 16.5. The summed E-state index contributed by atoms with van der Waals surface area (Å²) in [4.78, 5) is 2.28. The third-order valence-electron chi connectivity index (χ3n) is 5.55. The predicted octanol–water partition coefficient (Wildman–Crippen LogP) is 2.53. The Morgan fingerprint density at radius 2 is 1.85 bits per heavy atom. The summed E-state index contributed by atoms with van der Waals surface area (Å²) in [6.07, 6.45) is 6.78. The Hall–Kier alpha value is -0.950. The van der Waals surface area contributed by atoms with Gasteiger partial charge in [0.15, 0.2) is 0 Å². The molecular weight excluding hydrogens is 328 g/mol. The van der Waals surface area contributed by atoms with Gasteiger partial charge in [-0.3, -0.25) is 4.68 Å². The van der Waals surface area contributed by atoms with Crippen molar-refractivity contribution in [2.75, 3.05) is 46.6 Å². The van der Waals surface area contributed by atoms with Crippen molar-refractivity contribution in [2.45, 2.75) is 52.0 Å².